The smallest absolute Gasteiger partial charge is 0.190 e. The third-order valence-corrected chi connectivity index (χ3v) is 5.32. The number of rotatable bonds is 2. The van der Waals surface area contributed by atoms with E-state index >= 15 is 0 Å². The Morgan fingerprint density at radius 1 is 0.688 bits per heavy atom. The molecule has 0 aliphatic rings. The van der Waals surface area contributed by atoms with Crippen LogP contribution in [-0.2, 0) is 4.79 Å². The summed E-state index contributed by atoms with van der Waals surface area (Å²) in [7, 11) is 0. The number of hydrogen-bond donors (Lipinski definition) is 0. The molecule has 0 amide bonds. The molecule has 0 bridgehead atoms. The molecule has 1 heterocycles. The highest BCUT2D eigenvalue weighted by Crippen LogP contribution is 2.19. The van der Waals surface area contributed by atoms with Crippen molar-refractivity contribution in [2.75, 3.05) is 0 Å². The third-order valence-electron chi connectivity index (χ3n) is 4.53. The van der Waals surface area contributed by atoms with Crippen molar-refractivity contribution >= 4 is 16.9 Å². The van der Waals surface area contributed by atoms with Gasteiger partial charge in [-0.1, -0.05) is 53.6 Å². The van der Waals surface area contributed by atoms with Gasteiger partial charge in [0.25, 0.3) is 0 Å². The van der Waals surface area contributed by atoms with Crippen LogP contribution in [0.4, 0.5) is 0 Å². The minimum absolute atomic E-state index is 0.0768. The van der Waals surface area contributed by atoms with Gasteiger partial charge >= 0.3 is 0 Å². The Hall–Kier alpha value is -4.05. The van der Waals surface area contributed by atoms with Crippen LogP contribution < -0.4 is 0 Å². The molecule has 3 heteroatoms. The number of hydrogen-bond acceptors (Lipinski definition) is 3. The van der Waals surface area contributed by atoms with Gasteiger partial charge in [0.15, 0.2) is 5.12 Å². The van der Waals surface area contributed by atoms with Gasteiger partial charge in [-0.2, -0.15) is 0 Å². The Kier molecular flexibility index (Phi) is 6.83. The fourth-order valence-corrected chi connectivity index (χ4v) is 3.59. The van der Waals surface area contributed by atoms with E-state index < -0.39 is 0 Å². The largest absolute Gasteiger partial charge is 0.287 e. The highest BCUT2D eigenvalue weighted by Gasteiger charge is 1.99. The van der Waals surface area contributed by atoms with Gasteiger partial charge in [-0.15, -0.1) is 0 Å². The molecule has 0 saturated carbocycles. The summed E-state index contributed by atoms with van der Waals surface area (Å²) in [5.74, 6) is 12.8. The van der Waals surface area contributed by atoms with Gasteiger partial charge in [-0.3, -0.25) is 9.78 Å². The zero-order chi connectivity index (χ0) is 22.2. The first kappa shape index (κ1) is 21.2. The third kappa shape index (κ3) is 5.99. The summed E-state index contributed by atoms with van der Waals surface area (Å²) in [6.45, 7) is 1.56. The van der Waals surface area contributed by atoms with Crippen molar-refractivity contribution < 1.29 is 4.79 Å². The fraction of sp³-hybridized carbons (Fsp3) is 0.0345. The van der Waals surface area contributed by atoms with Gasteiger partial charge in [-0.25, -0.2) is 0 Å². The Morgan fingerprint density at radius 3 is 1.84 bits per heavy atom. The van der Waals surface area contributed by atoms with E-state index in [0.717, 1.165) is 38.4 Å². The maximum absolute atomic E-state index is 11.2. The average molecular weight is 430 g/mol. The van der Waals surface area contributed by atoms with E-state index in [-0.39, 0.29) is 5.12 Å². The summed E-state index contributed by atoms with van der Waals surface area (Å²) in [5, 5.41) is 0.0768. The molecule has 0 radical (unpaired) electrons. The maximum atomic E-state index is 11.2. The van der Waals surface area contributed by atoms with Crippen LogP contribution in [0.15, 0.2) is 102 Å². The molecule has 32 heavy (non-hydrogen) atoms. The molecule has 0 fully saturated rings. The van der Waals surface area contributed by atoms with Gasteiger partial charge in [0.05, 0.1) is 5.69 Å². The van der Waals surface area contributed by atoms with Crippen LogP contribution in [0, 0.1) is 23.7 Å². The zero-order valence-corrected chi connectivity index (χ0v) is 18.3. The summed E-state index contributed by atoms with van der Waals surface area (Å²) in [4.78, 5) is 16.5. The number of nitrogens with zero attached hydrogens (tertiary/aromatic N) is 1. The molecule has 0 spiro atoms. The van der Waals surface area contributed by atoms with Crippen molar-refractivity contribution in [3.8, 4) is 34.9 Å². The maximum Gasteiger partial charge on any atom is 0.190 e. The van der Waals surface area contributed by atoms with Crippen LogP contribution in [0.25, 0.3) is 11.3 Å². The summed E-state index contributed by atoms with van der Waals surface area (Å²) >= 11 is 1.22. The van der Waals surface area contributed by atoms with E-state index in [1.807, 2.05) is 84.9 Å². The van der Waals surface area contributed by atoms with Gasteiger partial charge in [0.2, 0.25) is 0 Å². The van der Waals surface area contributed by atoms with Crippen molar-refractivity contribution in [1.29, 1.82) is 0 Å². The van der Waals surface area contributed by atoms with Crippen LogP contribution in [-0.4, -0.2) is 10.1 Å². The Bertz CT molecular complexity index is 1350. The molecule has 1 aromatic heterocycles. The van der Waals surface area contributed by atoms with Crippen LogP contribution in [0.2, 0.25) is 0 Å². The van der Waals surface area contributed by atoms with Gasteiger partial charge < -0.3 is 0 Å². The normalized spacial score (nSPS) is 9.78. The van der Waals surface area contributed by atoms with Crippen LogP contribution in [0.1, 0.15) is 29.2 Å². The lowest BCUT2D eigenvalue weighted by atomic mass is 10.1. The molecule has 0 atom stereocenters. The van der Waals surface area contributed by atoms with E-state index in [4.69, 9.17) is 0 Å². The number of carbonyl (C=O) groups excluding carboxylic acids is 1. The first-order chi connectivity index (χ1) is 15.7. The lowest BCUT2D eigenvalue weighted by Gasteiger charge is -2.00. The second-order valence-electron chi connectivity index (χ2n) is 6.99. The molecule has 0 aliphatic carbocycles. The lowest BCUT2D eigenvalue weighted by molar-refractivity contribution is -0.109. The second kappa shape index (κ2) is 10.3. The molecule has 0 aliphatic heterocycles. The lowest BCUT2D eigenvalue weighted by Crippen LogP contribution is -1.83. The zero-order valence-electron chi connectivity index (χ0n) is 17.5. The molecular weight excluding hydrogens is 410 g/mol. The number of carbonyl (C=O) groups is 1. The standard InChI is InChI=1S/C29H19NOS/c1-22(31)32-28-18-16-25(17-19-28)13-12-23-8-10-24(11-9-23)14-15-26-5-4-6-27(21-26)29-7-2-3-20-30-29/h2-11,16-21H,1H3. The topological polar surface area (TPSA) is 30.0 Å². The number of pyridine rings is 1. The van der Waals surface area contributed by atoms with E-state index in [2.05, 4.69) is 34.7 Å². The number of aromatic nitrogens is 1. The number of thioether (sulfide) groups is 1. The van der Waals surface area contributed by atoms with Crippen molar-refractivity contribution in [2.45, 2.75) is 11.8 Å². The van der Waals surface area contributed by atoms with E-state index in [0.29, 0.717) is 0 Å². The summed E-state index contributed by atoms with van der Waals surface area (Å²) in [6, 6.07) is 29.6. The summed E-state index contributed by atoms with van der Waals surface area (Å²) in [5.41, 5.74) is 5.71. The summed E-state index contributed by atoms with van der Waals surface area (Å²) in [6.07, 6.45) is 1.79. The highest BCUT2D eigenvalue weighted by molar-refractivity contribution is 8.13. The molecule has 4 rings (SSSR count). The molecule has 0 unspecified atom stereocenters. The van der Waals surface area contributed by atoms with Crippen molar-refractivity contribution in [3.63, 3.8) is 0 Å². The first-order valence-electron chi connectivity index (χ1n) is 10.1. The van der Waals surface area contributed by atoms with Crippen molar-refractivity contribution in [1.82, 2.24) is 4.98 Å². The van der Waals surface area contributed by atoms with Crippen LogP contribution >= 0.6 is 11.8 Å². The monoisotopic (exact) mass is 429 g/mol. The molecule has 4 aromatic rings. The quantitative estimate of drug-likeness (QED) is 0.281. The van der Waals surface area contributed by atoms with Gasteiger partial charge in [-0.05, 0) is 72.8 Å². The molecule has 2 nitrogen and oxygen atoms in total. The van der Waals surface area contributed by atoms with E-state index in [1.54, 1.807) is 13.1 Å². The van der Waals surface area contributed by atoms with Crippen LogP contribution in [0.5, 0.6) is 0 Å². The van der Waals surface area contributed by atoms with Crippen molar-refractivity contribution in [2.24, 2.45) is 0 Å². The van der Waals surface area contributed by atoms with Gasteiger partial charge in [0, 0.05) is 45.8 Å². The summed E-state index contributed by atoms with van der Waals surface area (Å²) < 4.78 is 0. The highest BCUT2D eigenvalue weighted by atomic mass is 32.2. The minimum Gasteiger partial charge on any atom is -0.287 e. The van der Waals surface area contributed by atoms with Gasteiger partial charge in [0.1, 0.15) is 0 Å². The Labute approximate surface area is 192 Å². The molecule has 0 N–H and O–H groups in total. The van der Waals surface area contributed by atoms with Crippen molar-refractivity contribution in [3.05, 3.63) is 119 Å². The average Bonchev–Trinajstić information content (AvgIpc) is 2.83. The first-order valence-corrected chi connectivity index (χ1v) is 10.9. The predicted molar refractivity (Wildman–Crippen MR) is 131 cm³/mol. The van der Waals surface area contributed by atoms with Crippen LogP contribution in [0.3, 0.4) is 0 Å². The molecular formula is C29H19NOS. The SMILES string of the molecule is CC(=O)Sc1ccc(C#Cc2ccc(C#Cc3cccc(-c4ccccn4)c3)cc2)cc1. The molecule has 3 aromatic carbocycles. The van der Waals surface area contributed by atoms with E-state index in [1.165, 1.54) is 11.8 Å². The predicted octanol–water partition coefficient (Wildman–Crippen LogP) is 6.19. The Morgan fingerprint density at radius 2 is 1.28 bits per heavy atom. The molecule has 152 valence electrons. The second-order valence-corrected chi connectivity index (χ2v) is 8.24. The number of benzene rings is 3. The minimum atomic E-state index is 0.0768. The molecule has 0 saturated heterocycles. The fourth-order valence-electron chi connectivity index (χ4n) is 2.99. The Balaban J connectivity index is 1.44. The van der Waals surface area contributed by atoms with E-state index in [9.17, 15) is 4.79 Å².